The Bertz CT molecular complexity index is 672. The smallest absolute Gasteiger partial charge is 0.341 e. The SMILES string of the molecule is NC1CCN(C(=O)Cc2ccc(S(=O)(=O)CC(F)(F)F)cc2)C1. The predicted molar refractivity (Wildman–Crippen MR) is 77.4 cm³/mol. The van der Waals surface area contributed by atoms with Crippen molar-refractivity contribution in [2.45, 2.75) is 30.0 Å². The average molecular weight is 350 g/mol. The number of alkyl halides is 3. The van der Waals surface area contributed by atoms with Gasteiger partial charge in [0.15, 0.2) is 15.6 Å². The van der Waals surface area contributed by atoms with Gasteiger partial charge >= 0.3 is 6.18 Å². The molecule has 0 bridgehead atoms. The van der Waals surface area contributed by atoms with Gasteiger partial charge in [0.2, 0.25) is 5.91 Å². The highest BCUT2D eigenvalue weighted by atomic mass is 32.2. The first-order valence-electron chi connectivity index (χ1n) is 6.99. The Kier molecular flexibility index (Phi) is 5.00. The Labute approximate surface area is 132 Å². The van der Waals surface area contributed by atoms with Crippen LogP contribution in [0.25, 0.3) is 0 Å². The zero-order valence-corrected chi connectivity index (χ0v) is 13.0. The van der Waals surface area contributed by atoms with Gasteiger partial charge in [0.25, 0.3) is 0 Å². The van der Waals surface area contributed by atoms with Gasteiger partial charge in [-0.2, -0.15) is 13.2 Å². The van der Waals surface area contributed by atoms with Crippen LogP contribution in [0.5, 0.6) is 0 Å². The van der Waals surface area contributed by atoms with Crippen molar-refractivity contribution in [1.82, 2.24) is 4.90 Å². The van der Waals surface area contributed by atoms with E-state index < -0.39 is 26.7 Å². The number of carbonyl (C=O) groups excluding carboxylic acids is 1. The van der Waals surface area contributed by atoms with Crippen LogP contribution >= 0.6 is 0 Å². The molecule has 1 saturated heterocycles. The van der Waals surface area contributed by atoms with Crippen LogP contribution < -0.4 is 5.73 Å². The molecule has 0 aromatic heterocycles. The number of hydrogen-bond donors (Lipinski definition) is 1. The van der Waals surface area contributed by atoms with Crippen molar-refractivity contribution in [3.63, 3.8) is 0 Å². The Hall–Kier alpha value is -1.61. The van der Waals surface area contributed by atoms with Crippen LogP contribution in [0.15, 0.2) is 29.2 Å². The largest absolute Gasteiger partial charge is 0.403 e. The molecule has 2 rings (SSSR count). The van der Waals surface area contributed by atoms with E-state index in [4.69, 9.17) is 5.73 Å². The fourth-order valence-electron chi connectivity index (χ4n) is 2.41. The lowest BCUT2D eigenvalue weighted by molar-refractivity contribution is -0.129. The molecule has 0 saturated carbocycles. The van der Waals surface area contributed by atoms with E-state index >= 15 is 0 Å². The molecule has 9 heteroatoms. The fourth-order valence-corrected chi connectivity index (χ4v) is 3.56. The molecule has 23 heavy (non-hydrogen) atoms. The minimum atomic E-state index is -4.79. The van der Waals surface area contributed by atoms with Crippen LogP contribution in [-0.2, 0) is 21.1 Å². The Morgan fingerprint density at radius 3 is 2.35 bits per heavy atom. The van der Waals surface area contributed by atoms with Gasteiger partial charge in [0.1, 0.15) is 0 Å². The molecule has 0 aliphatic carbocycles. The number of halogens is 3. The first-order valence-corrected chi connectivity index (χ1v) is 8.64. The van der Waals surface area contributed by atoms with Crippen LogP contribution in [-0.4, -0.2) is 50.3 Å². The van der Waals surface area contributed by atoms with Crippen molar-refractivity contribution >= 4 is 15.7 Å². The van der Waals surface area contributed by atoms with Gasteiger partial charge in [-0.05, 0) is 24.1 Å². The number of nitrogens with two attached hydrogens (primary N) is 1. The monoisotopic (exact) mass is 350 g/mol. The molecule has 1 aromatic rings. The second-order valence-electron chi connectivity index (χ2n) is 5.58. The lowest BCUT2D eigenvalue weighted by Gasteiger charge is -2.15. The maximum Gasteiger partial charge on any atom is 0.403 e. The van der Waals surface area contributed by atoms with Crippen LogP contribution in [0.3, 0.4) is 0 Å². The molecule has 1 unspecified atom stereocenters. The minimum absolute atomic E-state index is 0.0335. The summed E-state index contributed by atoms with van der Waals surface area (Å²) in [4.78, 5) is 13.2. The van der Waals surface area contributed by atoms with Crippen molar-refractivity contribution < 1.29 is 26.4 Å². The summed E-state index contributed by atoms with van der Waals surface area (Å²) in [6.45, 7) is 1.06. The van der Waals surface area contributed by atoms with E-state index in [1.54, 1.807) is 4.90 Å². The van der Waals surface area contributed by atoms with Gasteiger partial charge in [0.05, 0.1) is 11.3 Å². The van der Waals surface area contributed by atoms with Crippen molar-refractivity contribution in [1.29, 1.82) is 0 Å². The van der Waals surface area contributed by atoms with E-state index in [0.717, 1.165) is 18.6 Å². The summed E-state index contributed by atoms with van der Waals surface area (Å²) in [5, 5.41) is 0. The van der Waals surface area contributed by atoms with E-state index in [9.17, 15) is 26.4 Å². The molecular weight excluding hydrogens is 333 g/mol. The van der Waals surface area contributed by atoms with Gasteiger partial charge in [-0.15, -0.1) is 0 Å². The summed E-state index contributed by atoms with van der Waals surface area (Å²) < 4.78 is 60.0. The number of hydrogen-bond acceptors (Lipinski definition) is 4. The lowest BCUT2D eigenvalue weighted by Crippen LogP contribution is -2.32. The highest BCUT2D eigenvalue weighted by Gasteiger charge is 2.35. The van der Waals surface area contributed by atoms with Crippen molar-refractivity contribution in [3.8, 4) is 0 Å². The number of amides is 1. The maximum atomic E-state index is 12.3. The van der Waals surface area contributed by atoms with Crippen LogP contribution in [0, 0.1) is 0 Å². The van der Waals surface area contributed by atoms with Crippen LogP contribution in [0.2, 0.25) is 0 Å². The number of nitrogens with zero attached hydrogens (tertiary/aromatic N) is 1. The van der Waals surface area contributed by atoms with E-state index in [1.807, 2.05) is 0 Å². The van der Waals surface area contributed by atoms with Gasteiger partial charge in [-0.3, -0.25) is 4.79 Å². The van der Waals surface area contributed by atoms with Gasteiger partial charge in [-0.1, -0.05) is 12.1 Å². The first-order chi connectivity index (χ1) is 10.6. The van der Waals surface area contributed by atoms with Crippen molar-refractivity contribution in [2.75, 3.05) is 18.8 Å². The summed E-state index contributed by atoms with van der Waals surface area (Å²) in [6.07, 6.45) is -3.99. The summed E-state index contributed by atoms with van der Waals surface area (Å²) in [5.41, 5.74) is 6.26. The maximum absolute atomic E-state index is 12.3. The summed E-state index contributed by atoms with van der Waals surface area (Å²) in [5.74, 6) is -2.03. The molecular formula is C14H17F3N2O3S. The van der Waals surface area contributed by atoms with E-state index in [1.165, 1.54) is 12.1 Å². The molecule has 0 spiro atoms. The minimum Gasteiger partial charge on any atom is -0.341 e. The topological polar surface area (TPSA) is 80.5 Å². The number of rotatable bonds is 4. The molecule has 128 valence electrons. The number of benzene rings is 1. The van der Waals surface area contributed by atoms with Gasteiger partial charge in [0, 0.05) is 19.1 Å². The second-order valence-corrected chi connectivity index (χ2v) is 7.57. The molecule has 1 aliphatic rings. The molecule has 2 N–H and O–H groups in total. The molecule has 1 fully saturated rings. The summed E-state index contributed by atoms with van der Waals surface area (Å²) in [6, 6.07) is 4.88. The molecule has 1 heterocycles. The van der Waals surface area contributed by atoms with Crippen molar-refractivity contribution in [3.05, 3.63) is 29.8 Å². The summed E-state index contributed by atoms with van der Waals surface area (Å²) in [7, 11) is -4.42. The molecule has 1 atom stereocenters. The summed E-state index contributed by atoms with van der Waals surface area (Å²) >= 11 is 0. The molecule has 1 aromatic carbocycles. The van der Waals surface area contributed by atoms with E-state index in [2.05, 4.69) is 0 Å². The fraction of sp³-hybridized carbons (Fsp3) is 0.500. The zero-order valence-electron chi connectivity index (χ0n) is 12.2. The molecule has 0 radical (unpaired) electrons. The quantitative estimate of drug-likeness (QED) is 0.883. The third-order valence-electron chi connectivity index (χ3n) is 3.57. The number of sulfone groups is 1. The highest BCUT2D eigenvalue weighted by Crippen LogP contribution is 2.23. The van der Waals surface area contributed by atoms with Crippen LogP contribution in [0.4, 0.5) is 13.2 Å². The van der Waals surface area contributed by atoms with E-state index in [-0.39, 0.29) is 18.4 Å². The second kappa shape index (κ2) is 6.48. The molecule has 5 nitrogen and oxygen atoms in total. The first kappa shape index (κ1) is 17.7. The number of likely N-dealkylation sites (tertiary alicyclic amines) is 1. The standard InChI is InChI=1S/C14H17F3N2O3S/c15-14(16,17)9-23(21,22)12-3-1-10(2-4-12)7-13(20)19-6-5-11(18)8-19/h1-4,11H,5-9,18H2. The Morgan fingerprint density at radius 1 is 1.26 bits per heavy atom. The van der Waals surface area contributed by atoms with Crippen LogP contribution in [0.1, 0.15) is 12.0 Å². The Morgan fingerprint density at radius 2 is 1.87 bits per heavy atom. The Balaban J connectivity index is 2.03. The lowest BCUT2D eigenvalue weighted by atomic mass is 10.1. The normalized spacial score (nSPS) is 19.1. The average Bonchev–Trinajstić information content (AvgIpc) is 2.83. The molecule has 1 aliphatic heterocycles. The molecule has 1 amide bonds. The zero-order chi connectivity index (χ0) is 17.3. The number of carbonyl (C=O) groups is 1. The van der Waals surface area contributed by atoms with Gasteiger partial charge in [-0.25, -0.2) is 8.42 Å². The van der Waals surface area contributed by atoms with Gasteiger partial charge < -0.3 is 10.6 Å². The van der Waals surface area contributed by atoms with Crippen molar-refractivity contribution in [2.24, 2.45) is 5.73 Å². The van der Waals surface area contributed by atoms with E-state index in [0.29, 0.717) is 18.7 Å². The highest BCUT2D eigenvalue weighted by molar-refractivity contribution is 7.91. The third-order valence-corrected chi connectivity index (χ3v) is 5.27. The predicted octanol–water partition coefficient (Wildman–Crippen LogP) is 1.12. The third kappa shape index (κ3) is 4.93.